The third-order valence-corrected chi connectivity index (χ3v) is 2.77. The Morgan fingerprint density at radius 2 is 2.00 bits per heavy atom. The number of benzene rings is 1. The van der Waals surface area contributed by atoms with Crippen LogP contribution in [0.1, 0.15) is 15.9 Å². The molecule has 5 heteroatoms. The molecule has 0 saturated heterocycles. The molecular formula is C14H13FN2O2. The van der Waals surface area contributed by atoms with Crippen molar-refractivity contribution in [1.29, 1.82) is 0 Å². The number of hydrogen-bond acceptors (Lipinski definition) is 3. The topological polar surface area (TPSA) is 53.4 Å². The Bertz CT molecular complexity index is 587. The van der Waals surface area contributed by atoms with Crippen molar-refractivity contribution in [1.82, 2.24) is 4.98 Å². The molecule has 0 aliphatic rings. The summed E-state index contributed by atoms with van der Waals surface area (Å²) in [5.41, 5.74) is 0.973. The van der Waals surface area contributed by atoms with Crippen LogP contribution in [0.15, 0.2) is 42.7 Å². The first-order valence-electron chi connectivity index (χ1n) is 5.71. The van der Waals surface area contributed by atoms with Gasteiger partial charge in [0.1, 0.15) is 5.82 Å². The van der Waals surface area contributed by atoms with Gasteiger partial charge in [0, 0.05) is 26.0 Å². The molecule has 4 nitrogen and oxygen atoms in total. The molecule has 0 spiro atoms. The average molecular weight is 260 g/mol. The fraction of sp³-hybridized carbons (Fsp3) is 0.143. The number of hydrogen-bond donors (Lipinski definition) is 1. The van der Waals surface area contributed by atoms with Crippen LogP contribution < -0.4 is 4.90 Å². The number of para-hydroxylation sites is 1. The normalized spacial score (nSPS) is 10.2. The van der Waals surface area contributed by atoms with Crippen molar-refractivity contribution in [2.24, 2.45) is 0 Å². The van der Waals surface area contributed by atoms with E-state index in [9.17, 15) is 9.18 Å². The van der Waals surface area contributed by atoms with Crippen LogP contribution in [-0.2, 0) is 6.54 Å². The number of carbonyl (C=O) groups is 1. The predicted molar refractivity (Wildman–Crippen MR) is 69.7 cm³/mol. The zero-order chi connectivity index (χ0) is 13.8. The largest absolute Gasteiger partial charge is 0.478 e. The van der Waals surface area contributed by atoms with Gasteiger partial charge in [-0.15, -0.1) is 0 Å². The first-order chi connectivity index (χ1) is 9.09. The predicted octanol–water partition coefficient (Wildman–Crippen LogP) is 2.56. The van der Waals surface area contributed by atoms with E-state index in [0.29, 0.717) is 6.54 Å². The highest BCUT2D eigenvalue weighted by Crippen LogP contribution is 2.24. The maximum atomic E-state index is 13.8. The van der Waals surface area contributed by atoms with E-state index in [-0.39, 0.29) is 11.3 Å². The zero-order valence-electron chi connectivity index (χ0n) is 10.4. The summed E-state index contributed by atoms with van der Waals surface area (Å²) in [6, 6.07) is 7.65. The van der Waals surface area contributed by atoms with Gasteiger partial charge in [0.25, 0.3) is 0 Å². The molecule has 0 bridgehead atoms. The number of nitrogens with zero attached hydrogens (tertiary/aromatic N) is 2. The Labute approximate surface area is 110 Å². The number of carboxylic acids is 1. The first-order valence-corrected chi connectivity index (χ1v) is 5.71. The third-order valence-electron chi connectivity index (χ3n) is 2.77. The maximum Gasteiger partial charge on any atom is 0.337 e. The Morgan fingerprint density at radius 3 is 2.63 bits per heavy atom. The number of pyridine rings is 1. The maximum absolute atomic E-state index is 13.8. The Hall–Kier alpha value is -2.43. The van der Waals surface area contributed by atoms with Crippen LogP contribution in [0.5, 0.6) is 0 Å². The molecule has 0 atom stereocenters. The van der Waals surface area contributed by atoms with Gasteiger partial charge in [-0.3, -0.25) is 4.98 Å². The summed E-state index contributed by atoms with van der Waals surface area (Å²) in [6.07, 6.45) is 3.28. The zero-order valence-corrected chi connectivity index (χ0v) is 10.4. The summed E-state index contributed by atoms with van der Waals surface area (Å²) in [7, 11) is 1.66. The molecule has 98 valence electrons. The standard InChI is InChI=1S/C14H13FN2O2/c1-17(9-10-5-7-16-8-6-10)13-11(14(18)19)3-2-4-12(13)15/h2-8H,9H2,1H3,(H,18,19). The van der Waals surface area contributed by atoms with Crippen molar-refractivity contribution in [3.63, 3.8) is 0 Å². The molecule has 1 N–H and O–H groups in total. The number of halogens is 1. The van der Waals surface area contributed by atoms with Crippen LogP contribution in [0.3, 0.4) is 0 Å². The number of aromatic carboxylic acids is 1. The SMILES string of the molecule is CN(Cc1ccncc1)c1c(F)cccc1C(=O)O. The second kappa shape index (κ2) is 5.48. The van der Waals surface area contributed by atoms with Crippen LogP contribution in [0.25, 0.3) is 0 Å². The van der Waals surface area contributed by atoms with E-state index in [4.69, 9.17) is 5.11 Å². The van der Waals surface area contributed by atoms with Gasteiger partial charge in [0.2, 0.25) is 0 Å². The van der Waals surface area contributed by atoms with Gasteiger partial charge < -0.3 is 10.0 Å². The lowest BCUT2D eigenvalue weighted by Crippen LogP contribution is -2.20. The molecule has 2 rings (SSSR count). The van der Waals surface area contributed by atoms with Crippen molar-refractivity contribution >= 4 is 11.7 Å². The molecule has 1 aromatic heterocycles. The van der Waals surface area contributed by atoms with E-state index in [2.05, 4.69) is 4.98 Å². The second-order valence-corrected chi connectivity index (χ2v) is 4.15. The lowest BCUT2D eigenvalue weighted by atomic mass is 10.1. The minimum Gasteiger partial charge on any atom is -0.478 e. The average Bonchev–Trinajstić information content (AvgIpc) is 2.39. The van der Waals surface area contributed by atoms with Crippen molar-refractivity contribution < 1.29 is 14.3 Å². The minimum atomic E-state index is -1.14. The summed E-state index contributed by atoms with van der Waals surface area (Å²) in [5.74, 6) is -1.69. The van der Waals surface area contributed by atoms with Crippen molar-refractivity contribution in [2.75, 3.05) is 11.9 Å². The smallest absolute Gasteiger partial charge is 0.337 e. The van der Waals surface area contributed by atoms with Gasteiger partial charge in [-0.25, -0.2) is 9.18 Å². The van der Waals surface area contributed by atoms with Crippen molar-refractivity contribution in [2.45, 2.75) is 6.54 Å². The molecule has 0 amide bonds. The van der Waals surface area contributed by atoms with Crippen LogP contribution in [0.2, 0.25) is 0 Å². The van der Waals surface area contributed by atoms with Gasteiger partial charge in [-0.1, -0.05) is 6.07 Å². The molecule has 1 aromatic carbocycles. The Morgan fingerprint density at radius 1 is 1.32 bits per heavy atom. The van der Waals surface area contributed by atoms with Crippen LogP contribution in [0.4, 0.5) is 10.1 Å². The van der Waals surface area contributed by atoms with Crippen molar-refractivity contribution in [3.05, 3.63) is 59.7 Å². The molecule has 0 aliphatic heterocycles. The molecule has 0 saturated carbocycles. The highest BCUT2D eigenvalue weighted by Gasteiger charge is 2.17. The third kappa shape index (κ3) is 2.88. The summed E-state index contributed by atoms with van der Waals surface area (Å²) in [6.45, 7) is 0.406. The fourth-order valence-corrected chi connectivity index (χ4v) is 1.92. The summed E-state index contributed by atoms with van der Waals surface area (Å²) in [4.78, 5) is 16.6. The highest BCUT2D eigenvalue weighted by molar-refractivity contribution is 5.94. The van der Waals surface area contributed by atoms with Gasteiger partial charge in [0.15, 0.2) is 0 Å². The highest BCUT2D eigenvalue weighted by atomic mass is 19.1. The van der Waals surface area contributed by atoms with E-state index in [1.807, 2.05) is 0 Å². The molecule has 0 unspecified atom stereocenters. The van der Waals surface area contributed by atoms with E-state index < -0.39 is 11.8 Å². The molecular weight excluding hydrogens is 247 g/mol. The number of carboxylic acid groups (broad SMARTS) is 1. The molecule has 2 aromatic rings. The quantitative estimate of drug-likeness (QED) is 0.917. The van der Waals surface area contributed by atoms with Crippen LogP contribution >= 0.6 is 0 Å². The summed E-state index contributed by atoms with van der Waals surface area (Å²) >= 11 is 0. The minimum absolute atomic E-state index is 0.0449. The number of anilines is 1. The first kappa shape index (κ1) is 13.0. The monoisotopic (exact) mass is 260 g/mol. The summed E-state index contributed by atoms with van der Waals surface area (Å²) < 4.78 is 13.8. The van der Waals surface area contributed by atoms with Crippen LogP contribution in [-0.4, -0.2) is 23.1 Å². The van der Waals surface area contributed by atoms with Crippen LogP contribution in [0, 0.1) is 5.82 Å². The molecule has 19 heavy (non-hydrogen) atoms. The number of aromatic nitrogens is 1. The van der Waals surface area contributed by atoms with Gasteiger partial charge in [0.05, 0.1) is 11.3 Å². The lowest BCUT2D eigenvalue weighted by molar-refractivity contribution is 0.0697. The lowest BCUT2D eigenvalue weighted by Gasteiger charge is -2.21. The Balaban J connectivity index is 2.33. The van der Waals surface area contributed by atoms with Gasteiger partial charge in [-0.05, 0) is 29.8 Å². The summed E-state index contributed by atoms with van der Waals surface area (Å²) in [5, 5.41) is 9.10. The fourth-order valence-electron chi connectivity index (χ4n) is 1.92. The van der Waals surface area contributed by atoms with Crippen molar-refractivity contribution in [3.8, 4) is 0 Å². The molecule has 0 fully saturated rings. The molecule has 0 radical (unpaired) electrons. The van der Waals surface area contributed by atoms with E-state index in [0.717, 1.165) is 5.56 Å². The van der Waals surface area contributed by atoms with E-state index >= 15 is 0 Å². The molecule has 0 aliphatic carbocycles. The second-order valence-electron chi connectivity index (χ2n) is 4.15. The van der Waals surface area contributed by atoms with Gasteiger partial charge in [-0.2, -0.15) is 0 Å². The van der Waals surface area contributed by atoms with Gasteiger partial charge >= 0.3 is 5.97 Å². The Kier molecular flexibility index (Phi) is 3.75. The van der Waals surface area contributed by atoms with E-state index in [1.165, 1.54) is 18.2 Å². The molecule has 1 heterocycles. The number of rotatable bonds is 4. The van der Waals surface area contributed by atoms with E-state index in [1.54, 1.807) is 36.5 Å².